The van der Waals surface area contributed by atoms with E-state index in [-0.39, 0.29) is 5.01 Å². The Morgan fingerprint density at radius 3 is 2.58 bits per heavy atom. The van der Waals surface area contributed by atoms with Gasteiger partial charge in [0.15, 0.2) is 0 Å². The molecule has 1 atom stereocenters. The van der Waals surface area contributed by atoms with Gasteiger partial charge in [0.2, 0.25) is 0 Å². The second kappa shape index (κ2) is 5.57. The molecule has 0 radical (unpaired) electrons. The van der Waals surface area contributed by atoms with Crippen LogP contribution < -0.4 is 0 Å². The number of halogens is 2. The molecule has 0 aliphatic rings. The molecular weight excluding hydrogens is 239 g/mol. The van der Waals surface area contributed by atoms with Crippen molar-refractivity contribution in [3.05, 3.63) is 35.9 Å². The van der Waals surface area contributed by atoms with Gasteiger partial charge in [-0.3, -0.25) is 0 Å². The van der Waals surface area contributed by atoms with Crippen LogP contribution in [0.5, 0.6) is 0 Å². The van der Waals surface area contributed by atoms with E-state index in [4.69, 9.17) is 16.3 Å². The Labute approximate surface area is 85.8 Å². The van der Waals surface area contributed by atoms with E-state index in [1.165, 1.54) is 0 Å². The van der Waals surface area contributed by atoms with Gasteiger partial charge >= 0.3 is 0 Å². The van der Waals surface area contributed by atoms with Crippen molar-refractivity contribution < 1.29 is 4.74 Å². The highest BCUT2D eigenvalue weighted by molar-refractivity contribution is 9.09. The largest absolute Gasteiger partial charge is 0.361 e. The summed E-state index contributed by atoms with van der Waals surface area (Å²) in [5, 5.41) is -0.0440. The van der Waals surface area contributed by atoms with Crippen LogP contribution in [-0.4, -0.2) is 12.5 Å². The maximum absolute atomic E-state index is 5.49. The molecule has 0 N–H and O–H groups in total. The van der Waals surface area contributed by atoms with Crippen LogP contribution in [0.15, 0.2) is 30.3 Å². The zero-order valence-electron chi connectivity index (χ0n) is 6.54. The van der Waals surface area contributed by atoms with Crippen LogP contribution >= 0.6 is 27.5 Å². The molecule has 1 rings (SSSR count). The topological polar surface area (TPSA) is 9.23 Å². The van der Waals surface area contributed by atoms with Crippen molar-refractivity contribution in [1.29, 1.82) is 0 Å². The molecule has 0 bridgehead atoms. The molecule has 0 aliphatic heterocycles. The van der Waals surface area contributed by atoms with Gasteiger partial charge in [-0.2, -0.15) is 0 Å². The molecule has 1 unspecified atom stereocenters. The lowest BCUT2D eigenvalue weighted by Gasteiger charge is -2.09. The average molecular weight is 250 g/mol. The Balaban J connectivity index is 2.48. The SMILES string of the molecule is ClCCOC(Br)c1ccccc1. The second-order valence-corrected chi connectivity index (χ2v) is 3.50. The summed E-state index contributed by atoms with van der Waals surface area (Å²) in [7, 11) is 0. The van der Waals surface area contributed by atoms with Crippen molar-refractivity contribution in [2.24, 2.45) is 0 Å². The van der Waals surface area contributed by atoms with Crippen molar-refractivity contribution >= 4 is 27.5 Å². The molecule has 0 aliphatic carbocycles. The number of benzene rings is 1. The van der Waals surface area contributed by atoms with Gasteiger partial charge in [-0.05, 0) is 5.56 Å². The first-order valence-electron chi connectivity index (χ1n) is 3.71. The first-order valence-corrected chi connectivity index (χ1v) is 5.16. The van der Waals surface area contributed by atoms with E-state index < -0.39 is 0 Å². The Bertz CT molecular complexity index is 215. The molecule has 0 spiro atoms. The minimum Gasteiger partial charge on any atom is -0.361 e. The quantitative estimate of drug-likeness (QED) is 0.744. The molecule has 1 aromatic rings. The molecule has 0 saturated heterocycles. The van der Waals surface area contributed by atoms with E-state index in [1.54, 1.807) is 0 Å². The van der Waals surface area contributed by atoms with Gasteiger partial charge in [-0.25, -0.2) is 0 Å². The summed E-state index contributed by atoms with van der Waals surface area (Å²) < 4.78 is 5.36. The van der Waals surface area contributed by atoms with E-state index >= 15 is 0 Å². The second-order valence-electron chi connectivity index (χ2n) is 2.29. The predicted molar refractivity (Wildman–Crippen MR) is 54.8 cm³/mol. The van der Waals surface area contributed by atoms with Gasteiger partial charge in [0.25, 0.3) is 0 Å². The van der Waals surface area contributed by atoms with Gasteiger partial charge in [0.1, 0.15) is 5.01 Å². The highest BCUT2D eigenvalue weighted by Gasteiger charge is 2.04. The summed E-state index contributed by atoms with van der Waals surface area (Å²) in [5.41, 5.74) is 1.11. The fraction of sp³-hybridized carbons (Fsp3) is 0.333. The molecular formula is C9H10BrClO. The van der Waals surface area contributed by atoms with Crippen LogP contribution in [0.4, 0.5) is 0 Å². The zero-order valence-corrected chi connectivity index (χ0v) is 8.88. The molecule has 1 nitrogen and oxygen atoms in total. The van der Waals surface area contributed by atoms with Crippen molar-refractivity contribution in [3.63, 3.8) is 0 Å². The first-order chi connectivity index (χ1) is 5.84. The van der Waals surface area contributed by atoms with Crippen molar-refractivity contribution in [2.45, 2.75) is 5.01 Å². The number of hydrogen-bond acceptors (Lipinski definition) is 1. The molecule has 0 saturated carbocycles. The normalized spacial score (nSPS) is 12.8. The summed E-state index contributed by atoms with van der Waals surface area (Å²) >= 11 is 8.89. The van der Waals surface area contributed by atoms with Gasteiger partial charge in [0, 0.05) is 5.88 Å². The maximum atomic E-state index is 5.49. The third-order valence-electron chi connectivity index (χ3n) is 1.40. The lowest BCUT2D eigenvalue weighted by molar-refractivity contribution is 0.132. The van der Waals surface area contributed by atoms with Gasteiger partial charge in [-0.1, -0.05) is 46.3 Å². The molecule has 0 amide bonds. The van der Waals surface area contributed by atoms with Crippen LogP contribution in [0.2, 0.25) is 0 Å². The van der Waals surface area contributed by atoms with Crippen LogP contribution in [-0.2, 0) is 4.74 Å². The van der Waals surface area contributed by atoms with Crippen LogP contribution in [0, 0.1) is 0 Å². The molecule has 0 fully saturated rings. The summed E-state index contributed by atoms with van der Waals surface area (Å²) in [6, 6.07) is 9.95. The van der Waals surface area contributed by atoms with E-state index in [0.717, 1.165) is 5.56 Å². The molecule has 66 valence electrons. The van der Waals surface area contributed by atoms with E-state index in [1.807, 2.05) is 30.3 Å². The predicted octanol–water partition coefficient (Wildman–Crippen LogP) is 3.34. The molecule has 1 aromatic carbocycles. The first kappa shape index (κ1) is 10.0. The molecule has 0 heterocycles. The van der Waals surface area contributed by atoms with E-state index in [2.05, 4.69) is 15.9 Å². The van der Waals surface area contributed by atoms with E-state index in [9.17, 15) is 0 Å². The van der Waals surface area contributed by atoms with Crippen molar-refractivity contribution in [2.75, 3.05) is 12.5 Å². The van der Waals surface area contributed by atoms with Gasteiger partial charge in [-0.15, -0.1) is 11.6 Å². The third kappa shape index (κ3) is 3.13. The summed E-state index contributed by atoms with van der Waals surface area (Å²) in [6.45, 7) is 0.562. The minimum absolute atomic E-state index is 0.0440. The smallest absolute Gasteiger partial charge is 0.137 e. The highest BCUT2D eigenvalue weighted by atomic mass is 79.9. The molecule has 12 heavy (non-hydrogen) atoms. The summed E-state index contributed by atoms with van der Waals surface area (Å²) in [5.74, 6) is 0.523. The van der Waals surface area contributed by atoms with Gasteiger partial charge < -0.3 is 4.74 Å². The standard InChI is InChI=1S/C9H10BrClO/c10-9(12-7-6-11)8-4-2-1-3-5-8/h1-5,9H,6-7H2. The summed E-state index contributed by atoms with van der Waals surface area (Å²) in [4.78, 5) is 0. The van der Waals surface area contributed by atoms with Gasteiger partial charge in [0.05, 0.1) is 6.61 Å². The molecule has 3 heteroatoms. The lowest BCUT2D eigenvalue weighted by atomic mass is 10.2. The Morgan fingerprint density at radius 2 is 2.00 bits per heavy atom. The maximum Gasteiger partial charge on any atom is 0.137 e. The van der Waals surface area contributed by atoms with E-state index in [0.29, 0.717) is 12.5 Å². The Morgan fingerprint density at radius 1 is 1.33 bits per heavy atom. The van der Waals surface area contributed by atoms with Crippen LogP contribution in [0.3, 0.4) is 0 Å². The van der Waals surface area contributed by atoms with Crippen molar-refractivity contribution in [3.8, 4) is 0 Å². The van der Waals surface area contributed by atoms with Crippen LogP contribution in [0.25, 0.3) is 0 Å². The fourth-order valence-electron chi connectivity index (χ4n) is 0.849. The lowest BCUT2D eigenvalue weighted by Crippen LogP contribution is -1.99. The Hall–Kier alpha value is -0.0500. The Kier molecular flexibility index (Phi) is 4.66. The summed E-state index contributed by atoms with van der Waals surface area (Å²) in [6.07, 6.45) is 0. The molecule has 0 aromatic heterocycles. The number of alkyl halides is 2. The average Bonchev–Trinajstić information content (AvgIpc) is 2.15. The number of rotatable bonds is 4. The highest BCUT2D eigenvalue weighted by Crippen LogP contribution is 2.23. The zero-order chi connectivity index (χ0) is 8.81. The van der Waals surface area contributed by atoms with Crippen LogP contribution in [0.1, 0.15) is 10.6 Å². The fourth-order valence-corrected chi connectivity index (χ4v) is 1.43. The monoisotopic (exact) mass is 248 g/mol. The minimum atomic E-state index is -0.0440. The third-order valence-corrected chi connectivity index (χ3v) is 2.35. The number of ether oxygens (including phenoxy) is 1. The van der Waals surface area contributed by atoms with Crippen molar-refractivity contribution in [1.82, 2.24) is 0 Å². The number of hydrogen-bond donors (Lipinski definition) is 0.